The molecular formula is C31H43FN2O. The first-order chi connectivity index (χ1) is 16.9. The van der Waals surface area contributed by atoms with Crippen LogP contribution in [0.4, 0.5) is 4.39 Å². The Morgan fingerprint density at radius 3 is 2.17 bits per heavy atom. The molecule has 0 saturated heterocycles. The SMILES string of the molecule is C/C=C\c1cc(C=O)ccc1C.C1=CCNCC1.C=C.C=C.CCN=C(C)c1cc(F)ccc1C. The maximum Gasteiger partial charge on any atom is 0.150 e. The first kappa shape index (κ1) is 33.8. The third-order valence-corrected chi connectivity index (χ3v) is 4.69. The normalized spacial score (nSPS) is 11.9. The van der Waals surface area contributed by atoms with Crippen LogP contribution in [0.3, 0.4) is 0 Å². The lowest BCUT2D eigenvalue weighted by Crippen LogP contribution is -2.17. The first-order valence-electron chi connectivity index (χ1n) is 11.7. The third kappa shape index (κ3) is 15.2. The van der Waals surface area contributed by atoms with E-state index in [2.05, 4.69) is 48.8 Å². The molecule has 35 heavy (non-hydrogen) atoms. The maximum atomic E-state index is 12.9. The van der Waals surface area contributed by atoms with Crippen molar-refractivity contribution in [3.63, 3.8) is 0 Å². The fraction of sp³-hybridized carbons (Fsp3) is 0.290. The Balaban J connectivity index is 0. The van der Waals surface area contributed by atoms with E-state index < -0.39 is 0 Å². The lowest BCUT2D eigenvalue weighted by molar-refractivity contribution is 0.112. The lowest BCUT2D eigenvalue weighted by Gasteiger charge is -2.04. The third-order valence-electron chi connectivity index (χ3n) is 4.69. The van der Waals surface area contributed by atoms with Crippen LogP contribution < -0.4 is 5.32 Å². The Kier molecular flexibility index (Phi) is 21.7. The molecule has 0 radical (unpaired) electrons. The van der Waals surface area contributed by atoms with E-state index >= 15 is 0 Å². The van der Waals surface area contributed by atoms with Crippen molar-refractivity contribution < 1.29 is 9.18 Å². The fourth-order valence-corrected chi connectivity index (χ4v) is 2.97. The van der Waals surface area contributed by atoms with E-state index in [1.54, 1.807) is 6.07 Å². The van der Waals surface area contributed by atoms with E-state index in [1.807, 2.05) is 65.0 Å². The van der Waals surface area contributed by atoms with E-state index in [9.17, 15) is 9.18 Å². The first-order valence-corrected chi connectivity index (χ1v) is 11.7. The van der Waals surface area contributed by atoms with Gasteiger partial charge in [-0.1, -0.05) is 42.5 Å². The summed E-state index contributed by atoms with van der Waals surface area (Å²) in [6.45, 7) is 24.8. The molecule has 0 unspecified atom stereocenters. The van der Waals surface area contributed by atoms with E-state index in [-0.39, 0.29) is 5.82 Å². The standard InChI is InChI=1S/C11H14FN.C11H12O.C5H9N.2C2H4/c1-4-13-9(3)11-7-10(12)6-5-8(11)2;1-3-4-11-7-10(8-12)6-5-9(11)2;1-2-4-6-5-3-1;2*1-2/h5-7H,4H2,1-3H3;3-8H,1-2H3;1-2,6H,3-5H2;2*1-2H2/b;4-3-;;;. The van der Waals surface area contributed by atoms with Gasteiger partial charge in [0.25, 0.3) is 0 Å². The van der Waals surface area contributed by atoms with Crippen molar-refractivity contribution in [1.82, 2.24) is 5.32 Å². The largest absolute Gasteiger partial charge is 0.313 e. The molecule has 3 rings (SSSR count). The highest BCUT2D eigenvalue weighted by Crippen LogP contribution is 2.12. The Morgan fingerprint density at radius 1 is 1.06 bits per heavy atom. The molecule has 0 bridgehead atoms. The number of rotatable bonds is 4. The van der Waals surface area contributed by atoms with Gasteiger partial charge in [0.15, 0.2) is 0 Å². The summed E-state index contributed by atoms with van der Waals surface area (Å²) < 4.78 is 12.9. The van der Waals surface area contributed by atoms with Crippen LogP contribution in [-0.2, 0) is 0 Å². The van der Waals surface area contributed by atoms with E-state index in [0.717, 1.165) is 53.9 Å². The second-order valence-electron chi connectivity index (χ2n) is 7.22. The highest BCUT2D eigenvalue weighted by atomic mass is 19.1. The van der Waals surface area contributed by atoms with Crippen molar-refractivity contribution >= 4 is 18.1 Å². The van der Waals surface area contributed by atoms with Gasteiger partial charge in [-0.25, -0.2) is 4.39 Å². The van der Waals surface area contributed by atoms with Crippen molar-refractivity contribution in [2.75, 3.05) is 19.6 Å². The number of allylic oxidation sites excluding steroid dienone is 1. The second kappa shape index (κ2) is 22.4. The van der Waals surface area contributed by atoms with Gasteiger partial charge in [-0.3, -0.25) is 9.79 Å². The molecule has 0 amide bonds. The van der Waals surface area contributed by atoms with Crippen LogP contribution in [0.2, 0.25) is 0 Å². The van der Waals surface area contributed by atoms with Gasteiger partial charge in [0.05, 0.1) is 0 Å². The minimum Gasteiger partial charge on any atom is -0.313 e. The minimum atomic E-state index is -0.203. The number of aldehydes is 1. The molecule has 0 aliphatic carbocycles. The van der Waals surface area contributed by atoms with Crippen molar-refractivity contribution in [2.45, 2.75) is 41.0 Å². The number of halogens is 1. The van der Waals surface area contributed by atoms with Crippen molar-refractivity contribution in [3.05, 3.63) is 115 Å². The van der Waals surface area contributed by atoms with Gasteiger partial charge in [0.1, 0.15) is 12.1 Å². The summed E-state index contributed by atoms with van der Waals surface area (Å²) in [5.41, 5.74) is 5.91. The molecule has 1 N–H and O–H groups in total. The van der Waals surface area contributed by atoms with Crippen LogP contribution in [0.1, 0.15) is 59.8 Å². The van der Waals surface area contributed by atoms with Crippen molar-refractivity contribution in [1.29, 1.82) is 0 Å². The van der Waals surface area contributed by atoms with Crippen LogP contribution >= 0.6 is 0 Å². The second-order valence-corrected chi connectivity index (χ2v) is 7.22. The van der Waals surface area contributed by atoms with E-state index in [0.29, 0.717) is 0 Å². The smallest absolute Gasteiger partial charge is 0.150 e. The topological polar surface area (TPSA) is 41.5 Å². The van der Waals surface area contributed by atoms with Gasteiger partial charge in [-0.05, 0) is 82.5 Å². The average molecular weight is 479 g/mol. The predicted molar refractivity (Wildman–Crippen MR) is 154 cm³/mol. The molecule has 2 aromatic carbocycles. The van der Waals surface area contributed by atoms with E-state index in [1.165, 1.54) is 24.1 Å². The molecule has 2 aromatic rings. The summed E-state index contributed by atoms with van der Waals surface area (Å²) in [6.07, 6.45) is 10.4. The fourth-order valence-electron chi connectivity index (χ4n) is 2.97. The number of benzene rings is 2. The molecular weight excluding hydrogens is 435 g/mol. The molecule has 0 atom stereocenters. The highest BCUT2D eigenvalue weighted by Gasteiger charge is 2.02. The molecule has 3 nitrogen and oxygen atoms in total. The van der Waals surface area contributed by atoms with Crippen molar-refractivity contribution in [3.8, 4) is 0 Å². The number of carbonyl (C=O) groups is 1. The lowest BCUT2D eigenvalue weighted by atomic mass is 10.1. The van der Waals surface area contributed by atoms with Gasteiger partial charge in [-0.15, -0.1) is 26.3 Å². The molecule has 0 aromatic heterocycles. The summed E-state index contributed by atoms with van der Waals surface area (Å²) in [7, 11) is 0. The van der Waals surface area contributed by atoms with Crippen molar-refractivity contribution in [2.24, 2.45) is 4.99 Å². The molecule has 1 aliphatic rings. The number of nitrogens with one attached hydrogen (secondary N) is 1. The summed E-state index contributed by atoms with van der Waals surface area (Å²) in [6, 6.07) is 10.5. The number of aliphatic imine (C=N–C) groups is 1. The zero-order valence-electron chi connectivity index (χ0n) is 22.2. The summed E-state index contributed by atoms with van der Waals surface area (Å²) in [4.78, 5) is 14.7. The summed E-state index contributed by atoms with van der Waals surface area (Å²) in [5.74, 6) is -0.203. The molecule has 1 aliphatic heterocycles. The van der Waals surface area contributed by atoms with Gasteiger partial charge in [0.2, 0.25) is 0 Å². The number of hydrogen-bond acceptors (Lipinski definition) is 3. The molecule has 0 fully saturated rings. The number of nitrogens with zero attached hydrogens (tertiary/aromatic N) is 1. The van der Waals surface area contributed by atoms with Crippen LogP contribution in [0, 0.1) is 19.7 Å². The molecule has 1 heterocycles. The van der Waals surface area contributed by atoms with Crippen LogP contribution in [0.5, 0.6) is 0 Å². The number of hydrogen-bond donors (Lipinski definition) is 1. The monoisotopic (exact) mass is 478 g/mol. The quantitative estimate of drug-likeness (QED) is 0.275. The van der Waals surface area contributed by atoms with Gasteiger partial charge in [0, 0.05) is 29.9 Å². The van der Waals surface area contributed by atoms with Crippen LogP contribution in [0.15, 0.2) is 85.9 Å². The van der Waals surface area contributed by atoms with Gasteiger partial charge in [-0.2, -0.15) is 0 Å². The van der Waals surface area contributed by atoms with E-state index in [4.69, 9.17) is 0 Å². The Labute approximate surface area is 212 Å². The number of aryl methyl sites for hydroxylation is 2. The minimum absolute atomic E-state index is 0.203. The zero-order valence-corrected chi connectivity index (χ0v) is 22.2. The summed E-state index contributed by atoms with van der Waals surface area (Å²) in [5, 5.41) is 3.20. The predicted octanol–water partition coefficient (Wildman–Crippen LogP) is 7.94. The Hall–Kier alpha value is -3.37. The maximum absolute atomic E-state index is 12.9. The molecule has 0 saturated carbocycles. The molecule has 190 valence electrons. The van der Waals surface area contributed by atoms with Gasteiger partial charge < -0.3 is 5.32 Å². The Morgan fingerprint density at radius 2 is 1.71 bits per heavy atom. The van der Waals surface area contributed by atoms with Crippen LogP contribution in [0.25, 0.3) is 6.08 Å². The number of carbonyl (C=O) groups excluding carboxylic acids is 1. The van der Waals surface area contributed by atoms with Gasteiger partial charge >= 0.3 is 0 Å². The van der Waals surface area contributed by atoms with Crippen LogP contribution in [-0.4, -0.2) is 31.6 Å². The molecule has 0 spiro atoms. The zero-order chi connectivity index (χ0) is 27.1. The molecule has 4 heteroatoms. The summed E-state index contributed by atoms with van der Waals surface area (Å²) >= 11 is 0. The highest BCUT2D eigenvalue weighted by molar-refractivity contribution is 5.99. The average Bonchev–Trinajstić information content (AvgIpc) is 2.91. The Bertz CT molecular complexity index is 935.